The maximum atomic E-state index is 12.6. The van der Waals surface area contributed by atoms with Crippen molar-refractivity contribution in [2.45, 2.75) is 32.0 Å². The number of hydrogen-bond acceptors (Lipinski definition) is 4. The first-order valence-electron chi connectivity index (χ1n) is 9.68. The van der Waals surface area contributed by atoms with Gasteiger partial charge < -0.3 is 14.2 Å². The van der Waals surface area contributed by atoms with Gasteiger partial charge in [-0.25, -0.2) is 0 Å². The molecule has 4 heterocycles. The van der Waals surface area contributed by atoms with Crippen molar-refractivity contribution in [2.75, 3.05) is 13.1 Å². The van der Waals surface area contributed by atoms with Crippen LogP contribution in [0, 0.1) is 0 Å². The second kappa shape index (κ2) is 6.64. The lowest BCUT2D eigenvalue weighted by molar-refractivity contribution is -0.113. The van der Waals surface area contributed by atoms with E-state index in [1.54, 1.807) is 0 Å². The van der Waals surface area contributed by atoms with E-state index in [1.165, 1.54) is 22.9 Å². The highest BCUT2D eigenvalue weighted by molar-refractivity contribution is 8.18. The number of ether oxygens (including phenoxy) is 1. The average Bonchev–Trinajstić information content (AvgIpc) is 3.41. The second-order valence-corrected chi connectivity index (χ2v) is 8.66. The lowest BCUT2D eigenvalue weighted by atomic mass is 9.84. The summed E-state index contributed by atoms with van der Waals surface area (Å²) >= 11 is 1.51. The molecule has 3 aliphatic rings. The van der Waals surface area contributed by atoms with Gasteiger partial charge in [0.1, 0.15) is 0 Å². The summed E-state index contributed by atoms with van der Waals surface area (Å²) in [6.07, 6.45) is 3.84. The van der Waals surface area contributed by atoms with Crippen LogP contribution in [0.4, 0.5) is 0 Å². The molecule has 5 rings (SSSR count). The van der Waals surface area contributed by atoms with E-state index in [0.29, 0.717) is 6.61 Å². The summed E-state index contributed by atoms with van der Waals surface area (Å²) in [5.41, 5.74) is 4.52. The molecule has 28 heavy (non-hydrogen) atoms. The molecule has 144 valence electrons. The number of thioether (sulfide) groups is 1. The Morgan fingerprint density at radius 1 is 1.18 bits per heavy atom. The van der Waals surface area contributed by atoms with Crippen LogP contribution in [0.1, 0.15) is 36.6 Å². The number of benzene rings is 1. The van der Waals surface area contributed by atoms with Crippen LogP contribution in [0.15, 0.2) is 52.5 Å². The number of aryl methyl sites for hydroxylation is 1. The van der Waals surface area contributed by atoms with E-state index in [-0.39, 0.29) is 11.5 Å². The van der Waals surface area contributed by atoms with Gasteiger partial charge in [-0.3, -0.25) is 4.79 Å². The smallest absolute Gasteiger partial charge is 0.286 e. The van der Waals surface area contributed by atoms with Crippen LogP contribution in [-0.4, -0.2) is 33.6 Å². The predicted octanol–water partition coefficient (Wildman–Crippen LogP) is 3.91. The number of aliphatic imine (C=N–C) groups is 1. The van der Waals surface area contributed by atoms with Crippen LogP contribution >= 0.6 is 11.8 Å². The van der Waals surface area contributed by atoms with Crippen molar-refractivity contribution in [1.82, 2.24) is 9.47 Å². The van der Waals surface area contributed by atoms with Crippen LogP contribution in [0.2, 0.25) is 0 Å². The van der Waals surface area contributed by atoms with Gasteiger partial charge in [-0.1, -0.05) is 24.3 Å². The molecule has 1 aromatic carbocycles. The molecule has 3 aliphatic heterocycles. The molecule has 2 aromatic rings. The largest absolute Gasteiger partial charge is 0.365 e. The lowest BCUT2D eigenvalue weighted by Crippen LogP contribution is -2.44. The topological polar surface area (TPSA) is 46.8 Å². The Labute approximate surface area is 169 Å². The molecule has 1 saturated heterocycles. The third kappa shape index (κ3) is 2.74. The Balaban J connectivity index is 1.33. The molecule has 1 fully saturated rings. The number of amides is 1. The van der Waals surface area contributed by atoms with Gasteiger partial charge in [-0.15, -0.1) is 0 Å². The van der Waals surface area contributed by atoms with Crippen LogP contribution < -0.4 is 0 Å². The second-order valence-electron chi connectivity index (χ2n) is 7.69. The number of nitrogens with zero attached hydrogens (tertiary/aromatic N) is 3. The van der Waals surface area contributed by atoms with E-state index in [9.17, 15) is 4.79 Å². The summed E-state index contributed by atoms with van der Waals surface area (Å²) in [6, 6.07) is 12.6. The maximum Gasteiger partial charge on any atom is 0.286 e. The van der Waals surface area contributed by atoms with Gasteiger partial charge in [0.2, 0.25) is 0 Å². The molecule has 1 aromatic heterocycles. The molecule has 0 atom stereocenters. The highest BCUT2D eigenvalue weighted by Crippen LogP contribution is 2.45. The van der Waals surface area contributed by atoms with E-state index in [0.717, 1.165) is 47.3 Å². The Kier molecular flexibility index (Phi) is 4.21. The third-order valence-electron chi connectivity index (χ3n) is 6.11. The minimum absolute atomic E-state index is 0.124. The fourth-order valence-corrected chi connectivity index (χ4v) is 5.51. The molecule has 5 nitrogen and oxygen atoms in total. The first-order chi connectivity index (χ1) is 13.6. The molecule has 0 N–H and O–H groups in total. The van der Waals surface area contributed by atoms with E-state index >= 15 is 0 Å². The number of aromatic nitrogens is 1. The molecule has 0 aliphatic carbocycles. The number of likely N-dealkylation sites (tertiary alicyclic amines) is 1. The zero-order valence-electron chi connectivity index (χ0n) is 16.1. The van der Waals surface area contributed by atoms with Crippen molar-refractivity contribution in [1.29, 1.82) is 0 Å². The zero-order valence-corrected chi connectivity index (χ0v) is 17.0. The molecule has 0 saturated carbocycles. The van der Waals surface area contributed by atoms with Crippen molar-refractivity contribution < 1.29 is 9.53 Å². The minimum atomic E-state index is -0.168. The van der Waals surface area contributed by atoms with Gasteiger partial charge >= 0.3 is 0 Å². The maximum absolute atomic E-state index is 12.6. The number of rotatable bonds is 1. The summed E-state index contributed by atoms with van der Waals surface area (Å²) in [7, 11) is 1.99. The average molecular weight is 394 g/mol. The molecule has 0 radical (unpaired) electrons. The van der Waals surface area contributed by atoms with Crippen molar-refractivity contribution >= 4 is 28.4 Å². The summed E-state index contributed by atoms with van der Waals surface area (Å²) in [5.74, 6) is -0.124. The monoisotopic (exact) mass is 393 g/mol. The minimum Gasteiger partial charge on any atom is -0.365 e. The number of allylic oxidation sites excluding steroid dienone is 1. The Morgan fingerprint density at radius 2 is 1.96 bits per heavy atom. The number of piperidine rings is 1. The van der Waals surface area contributed by atoms with Gasteiger partial charge in [0.05, 0.1) is 17.1 Å². The highest BCUT2D eigenvalue weighted by atomic mass is 32.2. The first kappa shape index (κ1) is 17.8. The Bertz CT molecular complexity index is 1010. The number of hydrogen-bond donors (Lipinski definition) is 0. The van der Waals surface area contributed by atoms with Gasteiger partial charge in [-0.2, -0.15) is 4.99 Å². The lowest BCUT2D eigenvalue weighted by Gasteiger charge is -2.39. The molecular formula is C22H23N3O2S. The van der Waals surface area contributed by atoms with E-state index in [1.807, 2.05) is 36.9 Å². The number of fused-ring (bicyclic) bond motifs is 2. The van der Waals surface area contributed by atoms with Crippen LogP contribution in [0.3, 0.4) is 0 Å². The van der Waals surface area contributed by atoms with Crippen molar-refractivity contribution in [3.05, 3.63) is 64.3 Å². The SMILES string of the molecule is C/C(=C1/SC(N2CCC3(CC2)OCc2ccccc23)=NC1=O)c1cccn1C. The standard InChI is InChI=1S/C22H23N3O2S/c1-15(18-8-5-11-24(18)2)19-20(26)23-21(28-19)25-12-9-22(10-13-25)17-7-4-3-6-16(17)14-27-22/h3-8,11H,9-10,12-14H2,1-2H3/b19-15-. The van der Waals surface area contributed by atoms with Gasteiger partial charge in [0.15, 0.2) is 5.17 Å². The fourth-order valence-electron chi connectivity index (χ4n) is 4.49. The van der Waals surface area contributed by atoms with Gasteiger partial charge in [-0.05, 0) is 60.4 Å². The first-order valence-corrected chi connectivity index (χ1v) is 10.5. The third-order valence-corrected chi connectivity index (χ3v) is 7.32. The Morgan fingerprint density at radius 3 is 2.71 bits per heavy atom. The normalized spacial score (nSPS) is 22.6. The van der Waals surface area contributed by atoms with E-state index in [4.69, 9.17) is 4.74 Å². The molecular weight excluding hydrogens is 370 g/mol. The quantitative estimate of drug-likeness (QED) is 0.690. The van der Waals surface area contributed by atoms with Crippen molar-refractivity contribution in [3.8, 4) is 0 Å². The summed E-state index contributed by atoms with van der Waals surface area (Å²) in [4.78, 5) is 19.9. The fraction of sp³-hybridized carbons (Fsp3) is 0.364. The van der Waals surface area contributed by atoms with E-state index < -0.39 is 0 Å². The molecule has 1 amide bonds. The zero-order chi connectivity index (χ0) is 19.3. The van der Waals surface area contributed by atoms with Crippen molar-refractivity contribution in [2.24, 2.45) is 12.0 Å². The molecule has 0 bridgehead atoms. The predicted molar refractivity (Wildman–Crippen MR) is 112 cm³/mol. The molecule has 0 unspecified atom stereocenters. The van der Waals surface area contributed by atoms with Gasteiger partial charge in [0.25, 0.3) is 5.91 Å². The number of carbonyl (C=O) groups excluding carboxylic acids is 1. The van der Waals surface area contributed by atoms with Crippen molar-refractivity contribution in [3.63, 3.8) is 0 Å². The summed E-state index contributed by atoms with van der Waals surface area (Å²) in [5, 5.41) is 0.828. The van der Waals surface area contributed by atoms with E-state index in [2.05, 4.69) is 34.2 Å². The van der Waals surface area contributed by atoms with Crippen LogP contribution in [0.25, 0.3) is 5.57 Å². The van der Waals surface area contributed by atoms with Crippen LogP contribution in [0.5, 0.6) is 0 Å². The number of amidine groups is 1. The highest BCUT2D eigenvalue weighted by Gasteiger charge is 2.43. The summed E-state index contributed by atoms with van der Waals surface area (Å²) < 4.78 is 8.29. The van der Waals surface area contributed by atoms with Crippen LogP contribution in [-0.2, 0) is 28.8 Å². The summed E-state index contributed by atoms with van der Waals surface area (Å²) in [6.45, 7) is 4.41. The van der Waals surface area contributed by atoms with Gasteiger partial charge in [0, 0.05) is 32.0 Å². The molecule has 6 heteroatoms. The Hall–Kier alpha value is -2.31. The molecule has 1 spiro atoms. The number of carbonyl (C=O) groups is 1.